The Labute approximate surface area is 141 Å². The van der Waals surface area contributed by atoms with E-state index in [1.54, 1.807) is 0 Å². The van der Waals surface area contributed by atoms with Crippen molar-refractivity contribution in [2.45, 2.75) is 43.9 Å². The maximum atomic E-state index is 13.1. The molecule has 0 spiro atoms. The number of nitrogens with one attached hydrogen (secondary N) is 3. The van der Waals surface area contributed by atoms with Crippen LogP contribution in [0.1, 0.15) is 24.8 Å². The average molecular weight is 335 g/mol. The summed E-state index contributed by atoms with van der Waals surface area (Å²) < 4.78 is 0. The average Bonchev–Trinajstić information content (AvgIpc) is 3.32. The van der Waals surface area contributed by atoms with Crippen LogP contribution in [0.15, 0.2) is 24.3 Å². The summed E-state index contributed by atoms with van der Waals surface area (Å²) in [6.45, 7) is 2.60. The molecular weight excluding hydrogens is 312 g/mol. The van der Waals surface area contributed by atoms with Crippen LogP contribution in [0.25, 0.3) is 0 Å². The van der Waals surface area contributed by atoms with Crippen LogP contribution in [-0.2, 0) is 11.3 Å². The lowest BCUT2D eigenvalue weighted by Gasteiger charge is -2.31. The monoisotopic (exact) mass is 334 g/mol. The SMILES string of the molecule is O=C(C1NNC2CCNCC21)N(Cc1ccc(Cl)cc1)C1CC1. The molecule has 4 rings (SSSR count). The lowest BCUT2D eigenvalue weighted by atomic mass is 9.88. The zero-order valence-electron chi connectivity index (χ0n) is 13.1. The second-order valence-electron chi connectivity index (χ2n) is 6.85. The van der Waals surface area contributed by atoms with Crippen molar-refractivity contribution in [3.63, 3.8) is 0 Å². The molecule has 0 radical (unpaired) electrons. The van der Waals surface area contributed by atoms with E-state index in [-0.39, 0.29) is 11.9 Å². The summed E-state index contributed by atoms with van der Waals surface area (Å²) in [6, 6.07) is 8.48. The number of hydrogen-bond donors (Lipinski definition) is 3. The summed E-state index contributed by atoms with van der Waals surface area (Å²) >= 11 is 5.96. The third kappa shape index (κ3) is 3.24. The van der Waals surface area contributed by atoms with Crippen LogP contribution in [-0.4, -0.2) is 42.0 Å². The van der Waals surface area contributed by atoms with Crippen molar-refractivity contribution >= 4 is 17.5 Å². The van der Waals surface area contributed by atoms with Crippen LogP contribution >= 0.6 is 11.6 Å². The molecule has 0 aromatic heterocycles. The van der Waals surface area contributed by atoms with Crippen LogP contribution < -0.4 is 16.2 Å². The number of amides is 1. The van der Waals surface area contributed by atoms with Crippen molar-refractivity contribution in [1.82, 2.24) is 21.1 Å². The molecule has 0 bridgehead atoms. The van der Waals surface area contributed by atoms with Gasteiger partial charge in [0.05, 0.1) is 0 Å². The third-order valence-electron chi connectivity index (χ3n) is 5.18. The van der Waals surface area contributed by atoms with E-state index in [4.69, 9.17) is 11.6 Å². The fraction of sp³-hybridized carbons (Fsp3) is 0.588. The van der Waals surface area contributed by atoms with Gasteiger partial charge in [-0.05, 0) is 43.5 Å². The maximum absolute atomic E-state index is 13.1. The van der Waals surface area contributed by atoms with Crippen molar-refractivity contribution in [3.8, 4) is 0 Å². The largest absolute Gasteiger partial charge is 0.334 e. The number of rotatable bonds is 4. The fourth-order valence-electron chi connectivity index (χ4n) is 3.70. The maximum Gasteiger partial charge on any atom is 0.242 e. The van der Waals surface area contributed by atoms with Gasteiger partial charge in [0.1, 0.15) is 6.04 Å². The molecule has 6 heteroatoms. The van der Waals surface area contributed by atoms with Gasteiger partial charge >= 0.3 is 0 Å². The van der Waals surface area contributed by atoms with Gasteiger partial charge in [0.15, 0.2) is 0 Å². The highest BCUT2D eigenvalue weighted by Crippen LogP contribution is 2.31. The molecule has 1 amide bonds. The zero-order chi connectivity index (χ0) is 15.8. The van der Waals surface area contributed by atoms with Gasteiger partial charge in [0.2, 0.25) is 5.91 Å². The molecule has 2 saturated heterocycles. The number of carbonyl (C=O) groups is 1. The highest BCUT2D eigenvalue weighted by Gasteiger charge is 2.45. The summed E-state index contributed by atoms with van der Waals surface area (Å²) in [5, 5.41) is 4.15. The van der Waals surface area contributed by atoms with E-state index in [1.165, 1.54) is 0 Å². The van der Waals surface area contributed by atoms with Gasteiger partial charge in [-0.15, -0.1) is 0 Å². The van der Waals surface area contributed by atoms with E-state index >= 15 is 0 Å². The van der Waals surface area contributed by atoms with E-state index in [1.807, 2.05) is 24.3 Å². The standard InChI is InChI=1S/C17H23ClN4O/c18-12-3-1-11(2-4-12)10-22(13-5-6-13)17(23)16-14-9-19-8-7-15(14)20-21-16/h1-4,13-16,19-21H,5-10H2. The van der Waals surface area contributed by atoms with Crippen LogP contribution in [0.5, 0.6) is 0 Å². The number of fused-ring (bicyclic) bond motifs is 1. The Morgan fingerprint density at radius 2 is 1.96 bits per heavy atom. The van der Waals surface area contributed by atoms with Crippen molar-refractivity contribution in [3.05, 3.63) is 34.9 Å². The van der Waals surface area contributed by atoms with E-state index < -0.39 is 0 Å². The van der Waals surface area contributed by atoms with E-state index in [0.717, 1.165) is 42.9 Å². The van der Waals surface area contributed by atoms with Gasteiger partial charge in [-0.1, -0.05) is 23.7 Å². The molecule has 5 nitrogen and oxygen atoms in total. The Kier molecular flexibility index (Phi) is 4.28. The molecule has 2 aliphatic heterocycles. The summed E-state index contributed by atoms with van der Waals surface area (Å²) in [6.07, 6.45) is 3.31. The summed E-state index contributed by atoms with van der Waals surface area (Å²) in [5.74, 6) is 0.564. The van der Waals surface area contributed by atoms with Gasteiger partial charge in [-0.25, -0.2) is 5.43 Å². The molecule has 3 unspecified atom stereocenters. The predicted molar refractivity (Wildman–Crippen MR) is 89.8 cm³/mol. The molecule has 3 aliphatic rings. The topological polar surface area (TPSA) is 56.4 Å². The molecule has 124 valence electrons. The molecule has 1 saturated carbocycles. The molecule has 3 N–H and O–H groups in total. The minimum absolute atomic E-state index is 0.124. The summed E-state index contributed by atoms with van der Waals surface area (Å²) in [5.41, 5.74) is 7.71. The van der Waals surface area contributed by atoms with Crippen LogP contribution in [0.4, 0.5) is 0 Å². The van der Waals surface area contributed by atoms with Crippen LogP contribution in [0.3, 0.4) is 0 Å². The Bertz CT molecular complexity index is 574. The number of hydrazine groups is 1. The molecular formula is C17H23ClN4O. The van der Waals surface area contributed by atoms with Crippen molar-refractivity contribution < 1.29 is 4.79 Å². The summed E-state index contributed by atoms with van der Waals surface area (Å²) in [4.78, 5) is 15.2. The van der Waals surface area contributed by atoms with Gasteiger partial charge in [0, 0.05) is 36.1 Å². The molecule has 3 fully saturated rings. The number of halogens is 1. The molecule has 1 aromatic rings. The van der Waals surface area contributed by atoms with E-state index in [9.17, 15) is 4.79 Å². The molecule has 23 heavy (non-hydrogen) atoms. The quantitative estimate of drug-likeness (QED) is 0.776. The van der Waals surface area contributed by atoms with Crippen LogP contribution in [0.2, 0.25) is 5.02 Å². The van der Waals surface area contributed by atoms with E-state index in [0.29, 0.717) is 24.5 Å². The highest BCUT2D eigenvalue weighted by atomic mass is 35.5. The highest BCUT2D eigenvalue weighted by molar-refractivity contribution is 6.30. The molecule has 1 aliphatic carbocycles. The van der Waals surface area contributed by atoms with Gasteiger partial charge in [0.25, 0.3) is 0 Å². The normalized spacial score (nSPS) is 30.0. The molecule has 3 atom stereocenters. The Balaban J connectivity index is 1.48. The molecule has 2 heterocycles. The first-order valence-corrected chi connectivity index (χ1v) is 8.87. The number of benzene rings is 1. The zero-order valence-corrected chi connectivity index (χ0v) is 13.9. The Morgan fingerprint density at radius 1 is 1.17 bits per heavy atom. The van der Waals surface area contributed by atoms with Gasteiger partial charge < -0.3 is 10.2 Å². The molecule has 1 aromatic carbocycles. The number of piperidine rings is 1. The predicted octanol–water partition coefficient (Wildman–Crippen LogP) is 1.29. The minimum atomic E-state index is -0.124. The Hall–Kier alpha value is -1.14. The second-order valence-corrected chi connectivity index (χ2v) is 7.29. The van der Waals surface area contributed by atoms with Crippen LogP contribution in [0, 0.1) is 5.92 Å². The van der Waals surface area contributed by atoms with E-state index in [2.05, 4.69) is 21.1 Å². The number of carbonyl (C=O) groups excluding carboxylic acids is 1. The van der Waals surface area contributed by atoms with Crippen molar-refractivity contribution in [1.29, 1.82) is 0 Å². The van der Waals surface area contributed by atoms with Crippen molar-refractivity contribution in [2.24, 2.45) is 5.92 Å². The number of hydrogen-bond acceptors (Lipinski definition) is 4. The Morgan fingerprint density at radius 3 is 2.70 bits per heavy atom. The van der Waals surface area contributed by atoms with Gasteiger partial charge in [-0.2, -0.15) is 0 Å². The lowest BCUT2D eigenvalue weighted by molar-refractivity contribution is -0.135. The van der Waals surface area contributed by atoms with Crippen molar-refractivity contribution in [2.75, 3.05) is 13.1 Å². The smallest absolute Gasteiger partial charge is 0.242 e. The fourth-order valence-corrected chi connectivity index (χ4v) is 3.83. The second kappa shape index (κ2) is 6.40. The minimum Gasteiger partial charge on any atom is -0.334 e. The first-order chi connectivity index (χ1) is 11.2. The summed E-state index contributed by atoms with van der Waals surface area (Å²) in [7, 11) is 0. The number of nitrogens with zero attached hydrogens (tertiary/aromatic N) is 1. The third-order valence-corrected chi connectivity index (χ3v) is 5.44. The first kappa shape index (κ1) is 15.4. The van der Waals surface area contributed by atoms with Gasteiger partial charge in [-0.3, -0.25) is 10.2 Å². The first-order valence-electron chi connectivity index (χ1n) is 8.49. The lowest BCUT2D eigenvalue weighted by Crippen LogP contribution is -2.51.